The summed E-state index contributed by atoms with van der Waals surface area (Å²) >= 11 is 6.00. The highest BCUT2D eigenvalue weighted by atomic mass is 35.5. The maximum Gasteiger partial charge on any atom is 0.263 e. The summed E-state index contributed by atoms with van der Waals surface area (Å²) in [7, 11) is -2.20. The van der Waals surface area contributed by atoms with Gasteiger partial charge in [-0.25, -0.2) is 8.42 Å². The summed E-state index contributed by atoms with van der Waals surface area (Å²) in [5.41, 5.74) is 0.473. The second-order valence-corrected chi connectivity index (χ2v) is 6.95. The van der Waals surface area contributed by atoms with Crippen molar-refractivity contribution in [1.29, 1.82) is 0 Å². The Morgan fingerprint density at radius 3 is 2.35 bits per heavy atom. The topological polar surface area (TPSA) is 55.4 Å². The van der Waals surface area contributed by atoms with Crippen LogP contribution in [0.1, 0.15) is 0 Å². The molecule has 0 aliphatic carbocycles. The van der Waals surface area contributed by atoms with Gasteiger partial charge in [-0.05, 0) is 24.3 Å². The first-order chi connectivity index (χ1) is 11.0. The number of methoxy groups -OCH3 is 1. The van der Waals surface area contributed by atoms with Crippen molar-refractivity contribution >= 4 is 38.1 Å². The van der Waals surface area contributed by atoms with Crippen LogP contribution in [0.2, 0.25) is 5.02 Å². The van der Waals surface area contributed by atoms with E-state index in [9.17, 15) is 8.42 Å². The lowest BCUT2D eigenvalue weighted by Crippen LogP contribution is -2.13. The lowest BCUT2D eigenvalue weighted by atomic mass is 10.1. The summed E-state index contributed by atoms with van der Waals surface area (Å²) in [6.45, 7) is 0. The van der Waals surface area contributed by atoms with Crippen LogP contribution in [0, 0.1) is 0 Å². The van der Waals surface area contributed by atoms with Crippen molar-refractivity contribution in [2.75, 3.05) is 11.8 Å². The van der Waals surface area contributed by atoms with Crippen LogP contribution in [0.15, 0.2) is 65.6 Å². The molecule has 23 heavy (non-hydrogen) atoms. The van der Waals surface area contributed by atoms with E-state index in [0.29, 0.717) is 11.4 Å². The van der Waals surface area contributed by atoms with E-state index in [2.05, 4.69) is 4.72 Å². The van der Waals surface area contributed by atoms with Gasteiger partial charge in [0, 0.05) is 10.8 Å². The van der Waals surface area contributed by atoms with Gasteiger partial charge in [-0.1, -0.05) is 48.0 Å². The Balaban J connectivity index is 2.10. The summed E-state index contributed by atoms with van der Waals surface area (Å²) in [4.78, 5) is 0.0431. The van der Waals surface area contributed by atoms with E-state index in [1.165, 1.54) is 6.07 Å². The van der Waals surface area contributed by atoms with Crippen LogP contribution in [0.25, 0.3) is 10.8 Å². The largest absolute Gasteiger partial charge is 0.496 e. The minimum absolute atomic E-state index is 0.0431. The quantitative estimate of drug-likeness (QED) is 0.765. The van der Waals surface area contributed by atoms with Gasteiger partial charge in [-0.3, -0.25) is 4.72 Å². The number of ether oxygens (including phenoxy) is 1. The van der Waals surface area contributed by atoms with Gasteiger partial charge < -0.3 is 4.74 Å². The zero-order valence-corrected chi connectivity index (χ0v) is 13.9. The van der Waals surface area contributed by atoms with E-state index >= 15 is 0 Å². The van der Waals surface area contributed by atoms with Gasteiger partial charge in [0.05, 0.1) is 17.8 Å². The molecule has 0 aliphatic rings. The molecule has 3 aromatic carbocycles. The van der Waals surface area contributed by atoms with Gasteiger partial charge >= 0.3 is 0 Å². The SMILES string of the molecule is COc1cccc2c(NS(=O)(=O)c3ccccc3Cl)cccc12. The van der Waals surface area contributed by atoms with Crippen LogP contribution in [0.4, 0.5) is 5.69 Å². The Kier molecular flexibility index (Phi) is 4.15. The lowest BCUT2D eigenvalue weighted by molar-refractivity contribution is 0.420. The zero-order chi connectivity index (χ0) is 16.4. The molecule has 0 saturated carbocycles. The third-order valence-corrected chi connectivity index (χ3v) is 5.34. The van der Waals surface area contributed by atoms with Crippen LogP contribution >= 0.6 is 11.6 Å². The molecular formula is C17H14ClNO3S. The molecule has 0 aliphatic heterocycles. The van der Waals surface area contributed by atoms with Gasteiger partial charge in [0.25, 0.3) is 10.0 Å². The third-order valence-electron chi connectivity index (χ3n) is 3.47. The second kappa shape index (κ2) is 6.10. The van der Waals surface area contributed by atoms with Crippen LogP contribution < -0.4 is 9.46 Å². The smallest absolute Gasteiger partial charge is 0.263 e. The van der Waals surface area contributed by atoms with Crippen LogP contribution in [-0.2, 0) is 10.0 Å². The first-order valence-electron chi connectivity index (χ1n) is 6.86. The molecular weight excluding hydrogens is 334 g/mol. The highest BCUT2D eigenvalue weighted by molar-refractivity contribution is 7.92. The van der Waals surface area contributed by atoms with Gasteiger partial charge in [-0.2, -0.15) is 0 Å². The summed E-state index contributed by atoms with van der Waals surface area (Å²) < 4.78 is 33.1. The van der Waals surface area contributed by atoms with Crippen LogP contribution in [0.3, 0.4) is 0 Å². The van der Waals surface area contributed by atoms with Gasteiger partial charge in [0.15, 0.2) is 0 Å². The first-order valence-corrected chi connectivity index (χ1v) is 8.72. The Hall–Kier alpha value is -2.24. The molecule has 3 rings (SSSR count). The standard InChI is InChI=1S/C17H14ClNO3S/c1-22-16-10-5-6-12-13(16)7-4-9-15(12)19-23(20,21)17-11-3-2-8-14(17)18/h2-11,19H,1H3. The number of hydrogen-bond donors (Lipinski definition) is 1. The number of hydrogen-bond acceptors (Lipinski definition) is 3. The highest BCUT2D eigenvalue weighted by Crippen LogP contribution is 2.32. The number of anilines is 1. The molecule has 0 aromatic heterocycles. The monoisotopic (exact) mass is 347 g/mol. The maximum atomic E-state index is 12.6. The van der Waals surface area contributed by atoms with E-state index in [-0.39, 0.29) is 9.92 Å². The number of fused-ring (bicyclic) bond motifs is 1. The normalized spacial score (nSPS) is 11.4. The molecule has 0 amide bonds. The molecule has 0 unspecified atom stereocenters. The summed E-state index contributed by atoms with van der Waals surface area (Å²) in [6.07, 6.45) is 0. The fourth-order valence-corrected chi connectivity index (χ4v) is 4.01. The average Bonchev–Trinajstić information content (AvgIpc) is 2.54. The van der Waals surface area contributed by atoms with Gasteiger partial charge in [-0.15, -0.1) is 0 Å². The van der Waals surface area contributed by atoms with Crippen LogP contribution in [-0.4, -0.2) is 15.5 Å². The number of rotatable bonds is 4. The lowest BCUT2D eigenvalue weighted by Gasteiger charge is -2.13. The summed E-state index contributed by atoms with van der Waals surface area (Å²) in [5, 5.41) is 1.76. The number of benzene rings is 3. The fraction of sp³-hybridized carbons (Fsp3) is 0.0588. The van der Waals surface area contributed by atoms with E-state index in [1.54, 1.807) is 37.4 Å². The Bertz CT molecular complexity index is 970. The minimum atomic E-state index is -3.78. The molecule has 0 radical (unpaired) electrons. The first kappa shape index (κ1) is 15.6. The van der Waals surface area contributed by atoms with E-state index in [1.807, 2.05) is 24.3 Å². The number of nitrogens with one attached hydrogen (secondary N) is 1. The van der Waals surface area contributed by atoms with Crippen molar-refractivity contribution in [2.24, 2.45) is 0 Å². The molecule has 118 valence electrons. The zero-order valence-electron chi connectivity index (χ0n) is 12.3. The highest BCUT2D eigenvalue weighted by Gasteiger charge is 2.18. The van der Waals surface area contributed by atoms with Crippen molar-refractivity contribution in [2.45, 2.75) is 4.90 Å². The van der Waals surface area contributed by atoms with E-state index in [0.717, 1.165) is 10.8 Å². The molecule has 6 heteroatoms. The van der Waals surface area contributed by atoms with Crippen molar-refractivity contribution in [3.8, 4) is 5.75 Å². The fourth-order valence-electron chi connectivity index (χ4n) is 2.41. The molecule has 0 saturated heterocycles. The maximum absolute atomic E-state index is 12.6. The van der Waals surface area contributed by atoms with E-state index < -0.39 is 10.0 Å². The molecule has 0 bridgehead atoms. The Morgan fingerprint density at radius 1 is 0.913 bits per heavy atom. The second-order valence-electron chi connectivity index (χ2n) is 4.90. The Morgan fingerprint density at radius 2 is 1.61 bits per heavy atom. The average molecular weight is 348 g/mol. The van der Waals surface area contributed by atoms with Crippen molar-refractivity contribution in [1.82, 2.24) is 0 Å². The van der Waals surface area contributed by atoms with E-state index in [4.69, 9.17) is 16.3 Å². The predicted molar refractivity (Wildman–Crippen MR) is 92.8 cm³/mol. The molecule has 3 aromatic rings. The molecule has 0 fully saturated rings. The van der Waals surface area contributed by atoms with Crippen molar-refractivity contribution < 1.29 is 13.2 Å². The molecule has 1 N–H and O–H groups in total. The molecule has 0 atom stereocenters. The number of sulfonamides is 1. The number of halogens is 1. The van der Waals surface area contributed by atoms with Crippen LogP contribution in [0.5, 0.6) is 5.75 Å². The predicted octanol–water partition coefficient (Wildman–Crippen LogP) is 4.30. The molecule has 4 nitrogen and oxygen atoms in total. The molecule has 0 spiro atoms. The van der Waals surface area contributed by atoms with Crippen molar-refractivity contribution in [3.05, 3.63) is 65.7 Å². The van der Waals surface area contributed by atoms with Crippen molar-refractivity contribution in [3.63, 3.8) is 0 Å². The molecule has 0 heterocycles. The van der Waals surface area contributed by atoms with Gasteiger partial charge in [0.1, 0.15) is 10.6 Å². The third kappa shape index (κ3) is 2.98. The van der Waals surface area contributed by atoms with Gasteiger partial charge in [0.2, 0.25) is 0 Å². The minimum Gasteiger partial charge on any atom is -0.496 e. The Labute approximate surface area is 139 Å². The summed E-state index contributed by atoms with van der Waals surface area (Å²) in [6, 6.07) is 17.2. The summed E-state index contributed by atoms with van der Waals surface area (Å²) in [5.74, 6) is 0.682.